The van der Waals surface area contributed by atoms with Crippen LogP contribution in [0.4, 0.5) is 4.39 Å². The van der Waals surface area contributed by atoms with E-state index in [0.717, 1.165) is 5.56 Å². The second-order valence-electron chi connectivity index (χ2n) is 4.15. The van der Waals surface area contributed by atoms with E-state index in [1.165, 1.54) is 24.0 Å². The van der Waals surface area contributed by atoms with E-state index in [1.54, 1.807) is 26.1 Å². The molecule has 1 N–H and O–H groups in total. The molecular weight excluding hydrogens is 235 g/mol. The molecular formula is C13H17FN2O2. The Kier molecular flexibility index (Phi) is 4.83. The normalized spacial score (nSPS) is 11.8. The first-order chi connectivity index (χ1) is 8.41. The van der Waals surface area contributed by atoms with Crippen LogP contribution in [-0.4, -0.2) is 29.8 Å². The molecule has 0 saturated carbocycles. The SMILES string of the molecule is CC(=O)N(C)[C@H](C)C(=O)NCc1ccc(F)cc1. The number of carbonyl (C=O) groups excluding carboxylic acids is 2. The largest absolute Gasteiger partial charge is 0.350 e. The molecule has 0 spiro atoms. The van der Waals surface area contributed by atoms with Crippen LogP contribution >= 0.6 is 0 Å². The molecule has 0 aromatic heterocycles. The van der Waals surface area contributed by atoms with Gasteiger partial charge in [-0.25, -0.2) is 4.39 Å². The Labute approximate surface area is 106 Å². The quantitative estimate of drug-likeness (QED) is 0.878. The number of benzene rings is 1. The Balaban J connectivity index is 2.50. The topological polar surface area (TPSA) is 49.4 Å². The van der Waals surface area contributed by atoms with Gasteiger partial charge in [-0.2, -0.15) is 0 Å². The lowest BCUT2D eigenvalue weighted by molar-refractivity contribution is -0.136. The average molecular weight is 252 g/mol. The maximum Gasteiger partial charge on any atom is 0.242 e. The number of likely N-dealkylation sites (N-methyl/N-ethyl adjacent to an activating group) is 1. The highest BCUT2D eigenvalue weighted by molar-refractivity contribution is 5.86. The number of nitrogens with zero attached hydrogens (tertiary/aromatic N) is 1. The number of halogens is 1. The second kappa shape index (κ2) is 6.14. The molecule has 0 bridgehead atoms. The minimum absolute atomic E-state index is 0.167. The van der Waals surface area contributed by atoms with Crippen molar-refractivity contribution >= 4 is 11.8 Å². The molecule has 0 saturated heterocycles. The Hall–Kier alpha value is -1.91. The fourth-order valence-electron chi connectivity index (χ4n) is 1.39. The Morgan fingerprint density at radius 3 is 2.39 bits per heavy atom. The van der Waals surface area contributed by atoms with Crippen LogP contribution in [0.15, 0.2) is 24.3 Å². The van der Waals surface area contributed by atoms with Crippen molar-refractivity contribution in [3.63, 3.8) is 0 Å². The number of hydrogen-bond acceptors (Lipinski definition) is 2. The number of amides is 2. The Morgan fingerprint density at radius 1 is 1.33 bits per heavy atom. The first-order valence-electron chi connectivity index (χ1n) is 5.67. The third-order valence-electron chi connectivity index (χ3n) is 2.84. The highest BCUT2D eigenvalue weighted by Gasteiger charge is 2.19. The molecule has 18 heavy (non-hydrogen) atoms. The molecule has 0 fully saturated rings. The zero-order chi connectivity index (χ0) is 13.7. The average Bonchev–Trinajstić information content (AvgIpc) is 2.35. The summed E-state index contributed by atoms with van der Waals surface area (Å²) in [4.78, 5) is 24.2. The van der Waals surface area contributed by atoms with Gasteiger partial charge >= 0.3 is 0 Å². The van der Waals surface area contributed by atoms with E-state index >= 15 is 0 Å². The standard InChI is InChI=1S/C13H17FN2O2/c1-9(16(3)10(2)17)13(18)15-8-11-4-6-12(14)7-5-11/h4-7,9H,8H2,1-3H3,(H,15,18)/t9-/m1/s1. The first-order valence-corrected chi connectivity index (χ1v) is 5.67. The van der Waals surface area contributed by atoms with Crippen molar-refractivity contribution in [3.05, 3.63) is 35.6 Å². The maximum atomic E-state index is 12.7. The molecule has 0 aliphatic carbocycles. The third kappa shape index (κ3) is 3.84. The van der Waals surface area contributed by atoms with E-state index in [4.69, 9.17) is 0 Å². The van der Waals surface area contributed by atoms with Gasteiger partial charge in [0.15, 0.2) is 0 Å². The molecule has 1 aromatic rings. The highest BCUT2D eigenvalue weighted by atomic mass is 19.1. The van der Waals surface area contributed by atoms with Gasteiger partial charge in [0.05, 0.1) is 0 Å². The lowest BCUT2D eigenvalue weighted by Gasteiger charge is -2.22. The Morgan fingerprint density at radius 2 is 1.89 bits per heavy atom. The number of rotatable bonds is 4. The van der Waals surface area contributed by atoms with Crippen molar-refractivity contribution in [1.82, 2.24) is 10.2 Å². The third-order valence-corrected chi connectivity index (χ3v) is 2.84. The van der Waals surface area contributed by atoms with Gasteiger partial charge in [0.25, 0.3) is 0 Å². The summed E-state index contributed by atoms with van der Waals surface area (Å²) in [5.74, 6) is -0.716. The summed E-state index contributed by atoms with van der Waals surface area (Å²) in [5.41, 5.74) is 0.808. The second-order valence-corrected chi connectivity index (χ2v) is 4.15. The van der Waals surface area contributed by atoms with Crippen molar-refractivity contribution < 1.29 is 14.0 Å². The number of nitrogens with one attached hydrogen (secondary N) is 1. The zero-order valence-electron chi connectivity index (χ0n) is 10.7. The van der Waals surface area contributed by atoms with Crippen LogP contribution in [0, 0.1) is 5.82 Å². The minimum atomic E-state index is -0.525. The lowest BCUT2D eigenvalue weighted by Crippen LogP contribution is -2.44. The molecule has 0 aliphatic heterocycles. The molecule has 1 aromatic carbocycles. The smallest absolute Gasteiger partial charge is 0.242 e. The maximum absolute atomic E-state index is 12.7. The van der Waals surface area contributed by atoms with Gasteiger partial charge in [0.2, 0.25) is 11.8 Å². The van der Waals surface area contributed by atoms with Crippen LogP contribution in [0.1, 0.15) is 19.4 Å². The fraction of sp³-hybridized carbons (Fsp3) is 0.385. The Bertz CT molecular complexity index is 431. The molecule has 1 rings (SSSR count). The van der Waals surface area contributed by atoms with Crippen LogP contribution in [0.3, 0.4) is 0 Å². The molecule has 5 heteroatoms. The van der Waals surface area contributed by atoms with Crippen LogP contribution in [-0.2, 0) is 16.1 Å². The summed E-state index contributed by atoms with van der Waals surface area (Å²) in [6.07, 6.45) is 0. The van der Waals surface area contributed by atoms with Crippen molar-refractivity contribution in [2.45, 2.75) is 26.4 Å². The molecule has 1 atom stereocenters. The molecule has 0 heterocycles. The van der Waals surface area contributed by atoms with E-state index in [1.807, 2.05) is 0 Å². The van der Waals surface area contributed by atoms with E-state index in [9.17, 15) is 14.0 Å². The van der Waals surface area contributed by atoms with E-state index in [-0.39, 0.29) is 17.6 Å². The number of hydrogen-bond donors (Lipinski definition) is 1. The predicted octanol–water partition coefficient (Wildman–Crippen LogP) is 1.31. The molecule has 2 amide bonds. The van der Waals surface area contributed by atoms with Gasteiger partial charge in [-0.3, -0.25) is 9.59 Å². The minimum Gasteiger partial charge on any atom is -0.350 e. The lowest BCUT2D eigenvalue weighted by atomic mass is 10.2. The summed E-state index contributed by atoms with van der Waals surface area (Å²) >= 11 is 0. The number of carbonyl (C=O) groups is 2. The van der Waals surface area contributed by atoms with E-state index in [2.05, 4.69) is 5.32 Å². The molecule has 0 aliphatic rings. The van der Waals surface area contributed by atoms with Crippen LogP contribution in [0.5, 0.6) is 0 Å². The molecule has 0 radical (unpaired) electrons. The summed E-state index contributed by atoms with van der Waals surface area (Å²) in [6, 6.07) is 5.37. The van der Waals surface area contributed by atoms with Gasteiger partial charge in [0.1, 0.15) is 11.9 Å². The molecule has 4 nitrogen and oxygen atoms in total. The van der Waals surface area contributed by atoms with E-state index < -0.39 is 6.04 Å². The van der Waals surface area contributed by atoms with Gasteiger partial charge in [-0.1, -0.05) is 12.1 Å². The highest BCUT2D eigenvalue weighted by Crippen LogP contribution is 2.03. The van der Waals surface area contributed by atoms with Crippen LogP contribution < -0.4 is 5.32 Å². The monoisotopic (exact) mass is 252 g/mol. The van der Waals surface area contributed by atoms with Crippen molar-refractivity contribution in [2.75, 3.05) is 7.05 Å². The van der Waals surface area contributed by atoms with E-state index in [0.29, 0.717) is 6.54 Å². The first kappa shape index (κ1) is 14.2. The van der Waals surface area contributed by atoms with Gasteiger partial charge < -0.3 is 10.2 Å². The van der Waals surface area contributed by atoms with Gasteiger partial charge in [0, 0.05) is 20.5 Å². The van der Waals surface area contributed by atoms with Gasteiger partial charge in [-0.05, 0) is 24.6 Å². The molecule has 0 unspecified atom stereocenters. The predicted molar refractivity (Wildman–Crippen MR) is 66.2 cm³/mol. The fourth-order valence-corrected chi connectivity index (χ4v) is 1.39. The van der Waals surface area contributed by atoms with Gasteiger partial charge in [-0.15, -0.1) is 0 Å². The van der Waals surface area contributed by atoms with Crippen LogP contribution in [0.2, 0.25) is 0 Å². The molecule has 98 valence electrons. The summed E-state index contributed by atoms with van der Waals surface area (Å²) in [5, 5.41) is 2.70. The summed E-state index contributed by atoms with van der Waals surface area (Å²) < 4.78 is 12.7. The summed E-state index contributed by atoms with van der Waals surface area (Å²) in [6.45, 7) is 3.38. The van der Waals surface area contributed by atoms with Crippen molar-refractivity contribution in [3.8, 4) is 0 Å². The zero-order valence-corrected chi connectivity index (χ0v) is 10.7. The van der Waals surface area contributed by atoms with Crippen molar-refractivity contribution in [2.24, 2.45) is 0 Å². The summed E-state index contributed by atoms with van der Waals surface area (Å²) in [7, 11) is 1.57. The van der Waals surface area contributed by atoms with Crippen LogP contribution in [0.25, 0.3) is 0 Å². The van der Waals surface area contributed by atoms with Crippen molar-refractivity contribution in [1.29, 1.82) is 0 Å².